The molecular formula is C13H6O2S. The van der Waals surface area contributed by atoms with Gasteiger partial charge in [-0.15, -0.1) is 6.42 Å². The average Bonchev–Trinajstić information content (AvgIpc) is 2.47. The molecule has 0 bridgehead atoms. The maximum Gasteiger partial charge on any atom is 0.198 e. The van der Waals surface area contributed by atoms with Crippen molar-refractivity contribution in [2.24, 2.45) is 0 Å². The fraction of sp³-hybridized carbons (Fsp3) is 0.231. The highest BCUT2D eigenvalue weighted by molar-refractivity contribution is 8.16. The molecule has 0 aromatic rings. The Morgan fingerprint density at radius 1 is 1.19 bits per heavy atom. The number of hydrogen-bond donors (Lipinski definition) is 0. The molecule has 1 saturated heterocycles. The molecule has 0 saturated carbocycles. The second kappa shape index (κ2) is 5.14. The first-order valence-electron chi connectivity index (χ1n) is 4.31. The Balaban J connectivity index is 2.78. The molecule has 3 heteroatoms. The van der Waals surface area contributed by atoms with E-state index in [1.807, 2.05) is 0 Å². The Morgan fingerprint density at radius 3 is 2.38 bits per heavy atom. The first kappa shape index (κ1) is 12.0. The van der Waals surface area contributed by atoms with Gasteiger partial charge in [0.25, 0.3) is 0 Å². The molecule has 0 amide bonds. The van der Waals surface area contributed by atoms with E-state index in [2.05, 4.69) is 41.4 Å². The number of carbonyl (C=O) groups excluding carboxylic acids is 2. The Kier molecular flexibility index (Phi) is 3.85. The molecule has 1 heterocycles. The lowest BCUT2D eigenvalue weighted by molar-refractivity contribution is -0.122. The number of ketones is 1. The zero-order chi connectivity index (χ0) is 12.0. The molecule has 1 aliphatic rings. The SMILES string of the molecule is C#CC#CC#CC#CC1(C)SC(=O)CC1=O. The summed E-state index contributed by atoms with van der Waals surface area (Å²) in [6.45, 7) is 1.62. The highest BCUT2D eigenvalue weighted by Gasteiger charge is 2.42. The maximum atomic E-state index is 11.4. The van der Waals surface area contributed by atoms with Gasteiger partial charge in [-0.25, -0.2) is 0 Å². The molecule has 1 fully saturated rings. The molecular weight excluding hydrogens is 220 g/mol. The van der Waals surface area contributed by atoms with E-state index in [0.29, 0.717) is 0 Å². The maximum absolute atomic E-state index is 11.4. The molecule has 0 aromatic carbocycles. The summed E-state index contributed by atoms with van der Waals surface area (Å²) in [4.78, 5) is 22.5. The van der Waals surface area contributed by atoms with Crippen molar-refractivity contribution in [2.45, 2.75) is 18.1 Å². The highest BCUT2D eigenvalue weighted by atomic mass is 32.2. The van der Waals surface area contributed by atoms with E-state index >= 15 is 0 Å². The number of hydrogen-bond acceptors (Lipinski definition) is 3. The average molecular weight is 226 g/mol. The Bertz CT molecular complexity index is 561. The van der Waals surface area contributed by atoms with Gasteiger partial charge in [-0.3, -0.25) is 9.59 Å². The number of Topliss-reactive ketones (excluding diaryl/α,β-unsaturated/α-hetero) is 1. The molecule has 0 spiro atoms. The molecule has 16 heavy (non-hydrogen) atoms. The molecule has 0 radical (unpaired) electrons. The van der Waals surface area contributed by atoms with Crippen LogP contribution in [-0.2, 0) is 9.59 Å². The number of rotatable bonds is 0. The van der Waals surface area contributed by atoms with Crippen LogP contribution in [-0.4, -0.2) is 15.6 Å². The lowest BCUT2D eigenvalue weighted by Crippen LogP contribution is -2.23. The number of terminal acetylenes is 1. The second-order valence-corrected chi connectivity index (χ2v) is 4.48. The molecule has 76 valence electrons. The summed E-state index contributed by atoms with van der Waals surface area (Å²) in [5, 5.41) is -0.151. The lowest BCUT2D eigenvalue weighted by atomic mass is 10.1. The third kappa shape index (κ3) is 2.96. The molecule has 0 N–H and O–H groups in total. The fourth-order valence-corrected chi connectivity index (χ4v) is 1.94. The zero-order valence-electron chi connectivity index (χ0n) is 8.51. The summed E-state index contributed by atoms with van der Waals surface area (Å²) in [6.07, 6.45) is 4.83. The molecule has 1 atom stereocenters. The van der Waals surface area contributed by atoms with Crippen molar-refractivity contribution in [2.75, 3.05) is 0 Å². The van der Waals surface area contributed by atoms with E-state index in [4.69, 9.17) is 6.42 Å². The monoisotopic (exact) mass is 226 g/mol. The van der Waals surface area contributed by atoms with Crippen LogP contribution >= 0.6 is 11.8 Å². The van der Waals surface area contributed by atoms with Crippen LogP contribution in [0.2, 0.25) is 0 Å². The number of thioether (sulfide) groups is 1. The topological polar surface area (TPSA) is 34.1 Å². The summed E-state index contributed by atoms with van der Waals surface area (Å²) in [6, 6.07) is 0. The van der Waals surface area contributed by atoms with Gasteiger partial charge in [0.05, 0.1) is 6.42 Å². The van der Waals surface area contributed by atoms with E-state index < -0.39 is 4.75 Å². The first-order valence-corrected chi connectivity index (χ1v) is 5.13. The van der Waals surface area contributed by atoms with Crippen LogP contribution in [0.3, 0.4) is 0 Å². The van der Waals surface area contributed by atoms with Gasteiger partial charge in [0.1, 0.15) is 4.75 Å². The van der Waals surface area contributed by atoms with E-state index in [-0.39, 0.29) is 17.3 Å². The van der Waals surface area contributed by atoms with Gasteiger partial charge < -0.3 is 0 Å². The van der Waals surface area contributed by atoms with E-state index in [1.54, 1.807) is 6.92 Å². The zero-order valence-corrected chi connectivity index (χ0v) is 9.33. The van der Waals surface area contributed by atoms with Crippen LogP contribution in [0.5, 0.6) is 0 Å². The van der Waals surface area contributed by atoms with Crippen molar-refractivity contribution in [3.05, 3.63) is 0 Å². The molecule has 1 unspecified atom stereocenters. The minimum Gasteiger partial charge on any atom is -0.296 e. The third-order valence-corrected chi connectivity index (χ3v) is 2.89. The third-order valence-electron chi connectivity index (χ3n) is 1.78. The Labute approximate surface area is 98.6 Å². The quantitative estimate of drug-likeness (QED) is 0.448. The van der Waals surface area contributed by atoms with Gasteiger partial charge in [-0.05, 0) is 42.4 Å². The van der Waals surface area contributed by atoms with Crippen LogP contribution in [0.4, 0.5) is 0 Å². The van der Waals surface area contributed by atoms with Crippen molar-refractivity contribution in [1.82, 2.24) is 0 Å². The molecule has 0 aromatic heterocycles. The smallest absolute Gasteiger partial charge is 0.198 e. The Morgan fingerprint density at radius 2 is 1.81 bits per heavy atom. The normalized spacial score (nSPS) is 21.8. The molecule has 0 aliphatic carbocycles. The van der Waals surface area contributed by atoms with Gasteiger partial charge in [0.2, 0.25) is 0 Å². The van der Waals surface area contributed by atoms with Gasteiger partial charge in [0, 0.05) is 0 Å². The first-order chi connectivity index (χ1) is 7.58. The highest BCUT2D eigenvalue weighted by Crippen LogP contribution is 2.35. The van der Waals surface area contributed by atoms with Crippen LogP contribution in [0.25, 0.3) is 0 Å². The van der Waals surface area contributed by atoms with E-state index in [0.717, 1.165) is 11.8 Å². The van der Waals surface area contributed by atoms with Crippen molar-refractivity contribution in [3.8, 4) is 47.9 Å². The van der Waals surface area contributed by atoms with Gasteiger partial charge >= 0.3 is 0 Å². The van der Waals surface area contributed by atoms with Crippen molar-refractivity contribution >= 4 is 22.7 Å². The van der Waals surface area contributed by atoms with Crippen molar-refractivity contribution < 1.29 is 9.59 Å². The van der Waals surface area contributed by atoms with Gasteiger partial charge in [-0.1, -0.05) is 17.7 Å². The summed E-state index contributed by atoms with van der Waals surface area (Å²) in [7, 11) is 0. The summed E-state index contributed by atoms with van der Waals surface area (Å²) in [5.41, 5.74) is 0. The van der Waals surface area contributed by atoms with Crippen LogP contribution in [0.15, 0.2) is 0 Å². The van der Waals surface area contributed by atoms with Gasteiger partial charge in [0.15, 0.2) is 10.9 Å². The minimum absolute atomic E-state index is 0.0554. The van der Waals surface area contributed by atoms with E-state index in [1.165, 1.54) is 0 Å². The second-order valence-electron chi connectivity index (χ2n) is 3.00. The minimum atomic E-state index is -0.953. The lowest BCUT2D eigenvalue weighted by Gasteiger charge is -2.09. The predicted octanol–water partition coefficient (Wildman–Crippen LogP) is 0.621. The predicted molar refractivity (Wildman–Crippen MR) is 62.8 cm³/mol. The molecule has 1 aliphatic heterocycles. The number of carbonyl (C=O) groups is 2. The molecule has 2 nitrogen and oxygen atoms in total. The van der Waals surface area contributed by atoms with Crippen molar-refractivity contribution in [3.63, 3.8) is 0 Å². The summed E-state index contributed by atoms with van der Waals surface area (Å²) < 4.78 is -0.953. The van der Waals surface area contributed by atoms with E-state index in [9.17, 15) is 9.59 Å². The van der Waals surface area contributed by atoms with Crippen LogP contribution < -0.4 is 0 Å². The van der Waals surface area contributed by atoms with Crippen molar-refractivity contribution in [1.29, 1.82) is 0 Å². The van der Waals surface area contributed by atoms with Crippen LogP contribution in [0, 0.1) is 47.9 Å². The summed E-state index contributed by atoms with van der Waals surface area (Å²) in [5.74, 6) is 16.7. The Hall–Kier alpha value is -2.07. The van der Waals surface area contributed by atoms with Gasteiger partial charge in [-0.2, -0.15) is 0 Å². The van der Waals surface area contributed by atoms with Crippen LogP contribution in [0.1, 0.15) is 13.3 Å². The standard InChI is InChI=1S/C13H6O2S/c1-3-4-5-6-7-8-9-13(2)11(14)10-12(15)16-13/h1H,10H2,2H3. The fourth-order valence-electron chi connectivity index (χ4n) is 0.996. The largest absolute Gasteiger partial charge is 0.296 e. The summed E-state index contributed by atoms with van der Waals surface area (Å²) >= 11 is 0.946. The molecule has 1 rings (SSSR count).